The molecular weight excluding hydrogens is 338 g/mol. The molecule has 0 unspecified atom stereocenters. The standard InChI is InChI=1S/C19H25NO6/c1-4-12(18-23-10-16-14(25-18)6-2-8-21-16)20-13(5-1)19-24-11-17-15(26-19)7-3-9-22-17/h1,4-5,14-19H,2-3,6-11H2/t14-,15-,16-,17-,18+,19+/m1/s1. The lowest BCUT2D eigenvalue weighted by molar-refractivity contribution is -0.282. The molecule has 4 aliphatic rings. The van der Waals surface area contributed by atoms with Crippen LogP contribution in [0, 0.1) is 0 Å². The molecule has 142 valence electrons. The molecule has 7 nitrogen and oxygen atoms in total. The van der Waals surface area contributed by atoms with Crippen molar-refractivity contribution in [3.63, 3.8) is 0 Å². The van der Waals surface area contributed by atoms with E-state index in [1.807, 2.05) is 18.2 Å². The Labute approximate surface area is 152 Å². The largest absolute Gasteiger partial charge is 0.373 e. The summed E-state index contributed by atoms with van der Waals surface area (Å²) in [5, 5.41) is 0. The van der Waals surface area contributed by atoms with Gasteiger partial charge in [0, 0.05) is 13.2 Å². The van der Waals surface area contributed by atoms with Crippen LogP contribution in [0.1, 0.15) is 49.7 Å². The van der Waals surface area contributed by atoms with Gasteiger partial charge in [-0.3, -0.25) is 0 Å². The van der Waals surface area contributed by atoms with E-state index < -0.39 is 12.6 Å². The maximum absolute atomic E-state index is 6.09. The van der Waals surface area contributed by atoms with Crippen molar-refractivity contribution in [1.29, 1.82) is 0 Å². The fourth-order valence-corrected chi connectivity index (χ4v) is 4.05. The Morgan fingerprint density at radius 3 is 1.77 bits per heavy atom. The molecule has 1 aromatic heterocycles. The molecule has 4 aliphatic heterocycles. The third kappa shape index (κ3) is 3.40. The van der Waals surface area contributed by atoms with Crippen molar-refractivity contribution in [2.45, 2.75) is 62.7 Å². The van der Waals surface area contributed by atoms with Crippen LogP contribution in [-0.4, -0.2) is 55.8 Å². The summed E-state index contributed by atoms with van der Waals surface area (Å²) in [5.74, 6) is 0. The summed E-state index contributed by atoms with van der Waals surface area (Å²) < 4.78 is 35.3. The number of ether oxygens (including phenoxy) is 6. The molecule has 0 radical (unpaired) electrons. The first-order valence-electron chi connectivity index (χ1n) is 9.61. The Kier molecular flexibility index (Phi) is 4.91. The summed E-state index contributed by atoms with van der Waals surface area (Å²) in [7, 11) is 0. The normalized spacial score (nSPS) is 40.5. The molecule has 0 bridgehead atoms. The van der Waals surface area contributed by atoms with Crippen LogP contribution >= 0.6 is 0 Å². The molecular formula is C19H25NO6. The third-order valence-electron chi connectivity index (χ3n) is 5.45. The van der Waals surface area contributed by atoms with Crippen molar-refractivity contribution in [1.82, 2.24) is 4.98 Å². The average Bonchev–Trinajstić information content (AvgIpc) is 2.73. The van der Waals surface area contributed by atoms with Gasteiger partial charge in [-0.25, -0.2) is 4.98 Å². The van der Waals surface area contributed by atoms with E-state index in [2.05, 4.69) is 0 Å². The van der Waals surface area contributed by atoms with Gasteiger partial charge in [-0.2, -0.15) is 0 Å². The second kappa shape index (κ2) is 7.50. The predicted molar refractivity (Wildman–Crippen MR) is 89.3 cm³/mol. The quantitative estimate of drug-likeness (QED) is 0.798. The first-order chi connectivity index (χ1) is 12.9. The van der Waals surface area contributed by atoms with Crippen LogP contribution in [-0.2, 0) is 28.4 Å². The monoisotopic (exact) mass is 363 g/mol. The van der Waals surface area contributed by atoms with Gasteiger partial charge in [0.15, 0.2) is 0 Å². The van der Waals surface area contributed by atoms with Crippen molar-refractivity contribution in [2.75, 3.05) is 26.4 Å². The Morgan fingerprint density at radius 2 is 1.23 bits per heavy atom. The van der Waals surface area contributed by atoms with E-state index in [0.717, 1.165) is 50.3 Å². The van der Waals surface area contributed by atoms with Crippen LogP contribution in [0.25, 0.3) is 0 Å². The fourth-order valence-electron chi connectivity index (χ4n) is 4.05. The molecule has 0 saturated carbocycles. The SMILES string of the molecule is c1cc([C@H]2OC[C@H]3OCCC[C@H]3O2)nc([C@H]2OC[C@H]3OCCC[C@H]3O2)c1. The number of pyridine rings is 1. The molecule has 7 heteroatoms. The van der Waals surface area contributed by atoms with Gasteiger partial charge in [0.25, 0.3) is 0 Å². The Bertz CT molecular complexity index is 579. The van der Waals surface area contributed by atoms with Crippen molar-refractivity contribution >= 4 is 0 Å². The Hall–Kier alpha value is -1.09. The van der Waals surface area contributed by atoms with E-state index in [9.17, 15) is 0 Å². The topological polar surface area (TPSA) is 68.3 Å². The minimum Gasteiger partial charge on any atom is -0.373 e. The molecule has 26 heavy (non-hydrogen) atoms. The smallest absolute Gasteiger partial charge is 0.201 e. The molecule has 0 amide bonds. The van der Waals surface area contributed by atoms with E-state index in [4.69, 9.17) is 33.4 Å². The van der Waals surface area contributed by atoms with E-state index >= 15 is 0 Å². The van der Waals surface area contributed by atoms with Crippen LogP contribution in [0.4, 0.5) is 0 Å². The summed E-state index contributed by atoms with van der Waals surface area (Å²) in [4.78, 5) is 4.71. The Balaban J connectivity index is 1.28. The van der Waals surface area contributed by atoms with Crippen molar-refractivity contribution in [3.05, 3.63) is 29.6 Å². The fraction of sp³-hybridized carbons (Fsp3) is 0.737. The van der Waals surface area contributed by atoms with Gasteiger partial charge in [0.05, 0.1) is 36.8 Å². The number of fused-ring (bicyclic) bond motifs is 2. The van der Waals surface area contributed by atoms with Crippen LogP contribution in [0.3, 0.4) is 0 Å². The van der Waals surface area contributed by atoms with Gasteiger partial charge in [-0.05, 0) is 37.8 Å². The summed E-state index contributed by atoms with van der Waals surface area (Å²) in [6.45, 7) is 2.65. The molecule has 1 aromatic rings. The molecule has 6 atom stereocenters. The summed E-state index contributed by atoms with van der Waals surface area (Å²) in [5.41, 5.74) is 1.50. The number of rotatable bonds is 2. The van der Waals surface area contributed by atoms with E-state index in [-0.39, 0.29) is 24.4 Å². The molecule has 5 rings (SSSR count). The number of hydrogen-bond donors (Lipinski definition) is 0. The summed E-state index contributed by atoms with van der Waals surface area (Å²) in [6.07, 6.45) is 3.35. The van der Waals surface area contributed by atoms with Crippen LogP contribution in [0.2, 0.25) is 0 Å². The zero-order chi connectivity index (χ0) is 17.3. The molecule has 0 aliphatic carbocycles. The highest BCUT2D eigenvalue weighted by Gasteiger charge is 2.38. The van der Waals surface area contributed by atoms with E-state index in [0.29, 0.717) is 13.2 Å². The highest BCUT2D eigenvalue weighted by molar-refractivity contribution is 5.14. The summed E-state index contributed by atoms with van der Waals surface area (Å²) in [6, 6.07) is 5.80. The van der Waals surface area contributed by atoms with Gasteiger partial charge in [-0.1, -0.05) is 6.07 Å². The number of nitrogens with zero attached hydrogens (tertiary/aromatic N) is 1. The molecule has 4 saturated heterocycles. The summed E-state index contributed by atoms with van der Waals surface area (Å²) >= 11 is 0. The number of aromatic nitrogens is 1. The predicted octanol–water partition coefficient (Wildman–Crippen LogP) is 2.27. The zero-order valence-corrected chi connectivity index (χ0v) is 14.7. The van der Waals surface area contributed by atoms with E-state index in [1.54, 1.807) is 0 Å². The first-order valence-corrected chi connectivity index (χ1v) is 9.61. The van der Waals surface area contributed by atoms with Gasteiger partial charge in [0.1, 0.15) is 12.2 Å². The zero-order valence-electron chi connectivity index (χ0n) is 14.7. The molecule has 0 N–H and O–H groups in total. The molecule has 0 aromatic carbocycles. The molecule has 0 spiro atoms. The second-order valence-corrected chi connectivity index (χ2v) is 7.27. The highest BCUT2D eigenvalue weighted by atomic mass is 16.7. The Morgan fingerprint density at radius 1 is 0.692 bits per heavy atom. The second-order valence-electron chi connectivity index (χ2n) is 7.27. The minimum absolute atomic E-state index is 0.0384. The van der Waals surface area contributed by atoms with Crippen molar-refractivity contribution in [2.24, 2.45) is 0 Å². The van der Waals surface area contributed by atoms with Crippen LogP contribution < -0.4 is 0 Å². The van der Waals surface area contributed by atoms with E-state index in [1.165, 1.54) is 0 Å². The minimum atomic E-state index is -0.466. The van der Waals surface area contributed by atoms with Crippen LogP contribution in [0.15, 0.2) is 18.2 Å². The van der Waals surface area contributed by atoms with Crippen LogP contribution in [0.5, 0.6) is 0 Å². The number of hydrogen-bond acceptors (Lipinski definition) is 7. The van der Waals surface area contributed by atoms with Gasteiger partial charge < -0.3 is 28.4 Å². The third-order valence-corrected chi connectivity index (χ3v) is 5.45. The molecule has 5 heterocycles. The lowest BCUT2D eigenvalue weighted by atomic mass is 10.0. The van der Waals surface area contributed by atoms with Gasteiger partial charge in [0.2, 0.25) is 12.6 Å². The lowest BCUT2D eigenvalue weighted by Gasteiger charge is -2.39. The van der Waals surface area contributed by atoms with Gasteiger partial charge in [-0.15, -0.1) is 0 Å². The average molecular weight is 363 g/mol. The van der Waals surface area contributed by atoms with Crippen molar-refractivity contribution in [3.8, 4) is 0 Å². The first kappa shape index (κ1) is 17.0. The molecule has 4 fully saturated rings. The maximum atomic E-state index is 6.09. The van der Waals surface area contributed by atoms with Gasteiger partial charge >= 0.3 is 0 Å². The lowest BCUT2D eigenvalue weighted by Crippen LogP contribution is -2.45. The maximum Gasteiger partial charge on any atom is 0.201 e. The van der Waals surface area contributed by atoms with Crippen molar-refractivity contribution < 1.29 is 28.4 Å². The highest BCUT2D eigenvalue weighted by Crippen LogP contribution is 2.34.